The van der Waals surface area contributed by atoms with Gasteiger partial charge in [-0.05, 0) is 42.8 Å². The fourth-order valence-corrected chi connectivity index (χ4v) is 3.64. The molecule has 1 aliphatic rings. The number of hydrogen-bond donors (Lipinski definition) is 1. The van der Waals surface area contributed by atoms with E-state index in [1.54, 1.807) is 41.4 Å². The minimum Gasteiger partial charge on any atom is -0.465 e. The summed E-state index contributed by atoms with van der Waals surface area (Å²) < 4.78 is 9.62. The standard InChI is InChI=1S/C24H21N3O5/c1-14-8-9-20(25-13-14)27-21(18-6-4-5-7-19(18)22(27)28)26-17-11-15(23(29)31-2)10-16(12-17)24(30)32-3/h4-13,21,26H,1-3H3/t21-/m0/s1. The van der Waals surface area contributed by atoms with Gasteiger partial charge in [0.15, 0.2) is 0 Å². The molecule has 3 aromatic rings. The number of rotatable bonds is 5. The first-order chi connectivity index (χ1) is 15.4. The number of nitrogens with zero attached hydrogens (tertiary/aromatic N) is 2. The van der Waals surface area contributed by atoms with E-state index in [9.17, 15) is 14.4 Å². The quantitative estimate of drug-likeness (QED) is 0.615. The van der Waals surface area contributed by atoms with Gasteiger partial charge in [0, 0.05) is 23.0 Å². The minimum atomic E-state index is -0.604. The molecule has 1 atom stereocenters. The number of esters is 2. The summed E-state index contributed by atoms with van der Waals surface area (Å²) >= 11 is 0. The van der Waals surface area contributed by atoms with Gasteiger partial charge in [0.25, 0.3) is 5.91 Å². The number of aromatic nitrogens is 1. The Morgan fingerprint density at radius 1 is 0.969 bits per heavy atom. The van der Waals surface area contributed by atoms with Crippen molar-refractivity contribution in [2.75, 3.05) is 24.4 Å². The number of benzene rings is 2. The van der Waals surface area contributed by atoms with Crippen LogP contribution in [-0.4, -0.2) is 37.0 Å². The highest BCUT2D eigenvalue weighted by Gasteiger charge is 2.38. The number of aryl methyl sites for hydroxylation is 1. The molecule has 0 unspecified atom stereocenters. The number of methoxy groups -OCH3 is 2. The van der Waals surface area contributed by atoms with Crippen LogP contribution >= 0.6 is 0 Å². The van der Waals surface area contributed by atoms with E-state index in [1.807, 2.05) is 25.1 Å². The summed E-state index contributed by atoms with van der Waals surface area (Å²) in [5.41, 5.74) is 3.06. The molecule has 0 spiro atoms. The second-order valence-electron chi connectivity index (χ2n) is 7.29. The lowest BCUT2D eigenvalue weighted by molar-refractivity contribution is 0.0599. The Morgan fingerprint density at radius 3 is 2.22 bits per heavy atom. The van der Waals surface area contributed by atoms with E-state index in [1.165, 1.54) is 20.3 Å². The SMILES string of the molecule is COC(=O)c1cc(N[C@@H]2c3ccccc3C(=O)N2c2ccc(C)cn2)cc(C(=O)OC)c1. The van der Waals surface area contributed by atoms with Crippen molar-refractivity contribution in [1.82, 2.24) is 4.98 Å². The molecule has 1 amide bonds. The van der Waals surface area contributed by atoms with Crippen LogP contribution in [0.4, 0.5) is 11.5 Å². The van der Waals surface area contributed by atoms with Crippen LogP contribution in [0.15, 0.2) is 60.8 Å². The van der Waals surface area contributed by atoms with Crippen molar-refractivity contribution in [3.8, 4) is 0 Å². The Hall–Kier alpha value is -4.20. The van der Waals surface area contributed by atoms with E-state index in [2.05, 4.69) is 10.3 Å². The molecule has 0 saturated heterocycles. The number of carbonyl (C=O) groups excluding carboxylic acids is 3. The fourth-order valence-electron chi connectivity index (χ4n) is 3.64. The smallest absolute Gasteiger partial charge is 0.337 e. The van der Waals surface area contributed by atoms with Gasteiger partial charge in [-0.2, -0.15) is 0 Å². The molecule has 0 radical (unpaired) electrons. The molecule has 2 aromatic carbocycles. The van der Waals surface area contributed by atoms with Crippen LogP contribution in [0.1, 0.15) is 48.4 Å². The summed E-state index contributed by atoms with van der Waals surface area (Å²) in [4.78, 5) is 43.5. The van der Waals surface area contributed by atoms with E-state index >= 15 is 0 Å². The maximum Gasteiger partial charge on any atom is 0.337 e. The highest BCUT2D eigenvalue weighted by Crippen LogP contribution is 2.37. The third-order valence-corrected chi connectivity index (χ3v) is 5.18. The molecule has 32 heavy (non-hydrogen) atoms. The molecular weight excluding hydrogens is 410 g/mol. The van der Waals surface area contributed by atoms with Crippen molar-refractivity contribution in [1.29, 1.82) is 0 Å². The topological polar surface area (TPSA) is 97.8 Å². The van der Waals surface area contributed by atoms with Crippen LogP contribution in [0.5, 0.6) is 0 Å². The molecule has 0 bridgehead atoms. The zero-order valence-electron chi connectivity index (χ0n) is 17.8. The molecule has 2 heterocycles. The highest BCUT2D eigenvalue weighted by atomic mass is 16.5. The van der Waals surface area contributed by atoms with Gasteiger partial charge in [-0.3, -0.25) is 9.69 Å². The number of pyridine rings is 1. The summed E-state index contributed by atoms with van der Waals surface area (Å²) in [5.74, 6) is -0.920. The minimum absolute atomic E-state index is 0.176. The van der Waals surface area contributed by atoms with Gasteiger partial charge in [0.05, 0.1) is 25.3 Å². The maximum atomic E-state index is 13.2. The largest absolute Gasteiger partial charge is 0.465 e. The van der Waals surface area contributed by atoms with Crippen molar-refractivity contribution in [2.24, 2.45) is 0 Å². The second kappa shape index (κ2) is 8.50. The Balaban J connectivity index is 1.80. The second-order valence-corrected chi connectivity index (χ2v) is 7.29. The Bertz CT molecular complexity index is 1170. The summed E-state index contributed by atoms with van der Waals surface area (Å²) in [6.45, 7) is 1.92. The maximum absolute atomic E-state index is 13.2. The lowest BCUT2D eigenvalue weighted by atomic mass is 10.1. The third kappa shape index (κ3) is 3.78. The van der Waals surface area contributed by atoms with Gasteiger partial charge in [-0.15, -0.1) is 0 Å². The number of amides is 1. The van der Waals surface area contributed by atoms with Crippen LogP contribution in [-0.2, 0) is 9.47 Å². The van der Waals surface area contributed by atoms with Crippen LogP contribution in [0.2, 0.25) is 0 Å². The molecule has 0 aliphatic carbocycles. The van der Waals surface area contributed by atoms with E-state index in [4.69, 9.17) is 9.47 Å². The van der Waals surface area contributed by atoms with Crippen LogP contribution < -0.4 is 10.2 Å². The number of fused-ring (bicyclic) bond motifs is 1. The number of anilines is 2. The zero-order chi connectivity index (χ0) is 22.8. The van der Waals surface area contributed by atoms with E-state index in [-0.39, 0.29) is 17.0 Å². The Morgan fingerprint density at radius 2 is 1.62 bits per heavy atom. The average molecular weight is 431 g/mol. The van der Waals surface area contributed by atoms with Gasteiger partial charge in [0.2, 0.25) is 0 Å². The Kier molecular flexibility index (Phi) is 5.59. The molecule has 0 saturated carbocycles. The van der Waals surface area contributed by atoms with Gasteiger partial charge in [-0.25, -0.2) is 14.6 Å². The van der Waals surface area contributed by atoms with Crippen molar-refractivity contribution >= 4 is 29.4 Å². The third-order valence-electron chi connectivity index (χ3n) is 5.18. The van der Waals surface area contributed by atoms with Gasteiger partial charge < -0.3 is 14.8 Å². The van der Waals surface area contributed by atoms with Crippen LogP contribution in [0, 0.1) is 6.92 Å². The predicted molar refractivity (Wildman–Crippen MR) is 118 cm³/mol. The van der Waals surface area contributed by atoms with Crippen molar-refractivity contribution in [3.63, 3.8) is 0 Å². The summed E-state index contributed by atoms with van der Waals surface area (Å²) in [6, 6.07) is 15.4. The fraction of sp³-hybridized carbons (Fsp3) is 0.167. The first-order valence-electron chi connectivity index (χ1n) is 9.86. The lowest BCUT2D eigenvalue weighted by Crippen LogP contribution is -2.33. The molecular formula is C24H21N3O5. The monoisotopic (exact) mass is 431 g/mol. The Labute approximate surface area is 184 Å². The van der Waals surface area contributed by atoms with Crippen molar-refractivity contribution < 1.29 is 23.9 Å². The van der Waals surface area contributed by atoms with Crippen LogP contribution in [0.3, 0.4) is 0 Å². The average Bonchev–Trinajstić information content (AvgIpc) is 3.10. The molecule has 0 fully saturated rings. The summed E-state index contributed by atoms with van der Waals surface area (Å²) in [7, 11) is 2.52. The number of ether oxygens (including phenoxy) is 2. The molecule has 1 aromatic heterocycles. The van der Waals surface area contributed by atoms with E-state index < -0.39 is 18.1 Å². The molecule has 1 N–H and O–H groups in total. The first kappa shape index (κ1) is 21.0. The molecule has 162 valence electrons. The van der Waals surface area contributed by atoms with E-state index in [0.717, 1.165) is 11.1 Å². The van der Waals surface area contributed by atoms with E-state index in [0.29, 0.717) is 17.1 Å². The van der Waals surface area contributed by atoms with Gasteiger partial charge in [0.1, 0.15) is 12.0 Å². The normalized spacial score (nSPS) is 14.7. The highest BCUT2D eigenvalue weighted by molar-refractivity contribution is 6.11. The number of hydrogen-bond acceptors (Lipinski definition) is 7. The molecule has 8 heteroatoms. The lowest BCUT2D eigenvalue weighted by Gasteiger charge is -2.26. The zero-order valence-corrected chi connectivity index (χ0v) is 17.8. The predicted octanol–water partition coefficient (Wildman–Crippen LogP) is 3.73. The van der Waals surface area contributed by atoms with Crippen molar-refractivity contribution in [3.05, 3.63) is 88.6 Å². The van der Waals surface area contributed by atoms with Gasteiger partial charge >= 0.3 is 11.9 Å². The molecule has 4 rings (SSSR count). The summed E-state index contributed by atoms with van der Waals surface area (Å²) in [6.07, 6.45) is 1.09. The van der Waals surface area contributed by atoms with Crippen LogP contribution in [0.25, 0.3) is 0 Å². The van der Waals surface area contributed by atoms with Gasteiger partial charge in [-0.1, -0.05) is 24.3 Å². The molecule has 1 aliphatic heterocycles. The summed E-state index contributed by atoms with van der Waals surface area (Å²) in [5, 5.41) is 3.28. The number of carbonyl (C=O) groups is 3. The van der Waals surface area contributed by atoms with Crippen molar-refractivity contribution in [2.45, 2.75) is 13.1 Å². The number of nitrogens with one attached hydrogen (secondary N) is 1. The molecule has 8 nitrogen and oxygen atoms in total. The first-order valence-corrected chi connectivity index (χ1v) is 9.86.